The van der Waals surface area contributed by atoms with Crippen molar-refractivity contribution in [3.8, 4) is 0 Å². The molecule has 2 fully saturated rings. The molecule has 4 heteroatoms. The van der Waals surface area contributed by atoms with Gasteiger partial charge in [-0.3, -0.25) is 4.79 Å². The largest absolute Gasteiger partial charge is 0.355 e. The minimum Gasteiger partial charge on any atom is -0.355 e. The number of hydrogen-bond donors (Lipinski definition) is 2. The average Bonchev–Trinajstić information content (AvgIpc) is 2.73. The predicted octanol–water partition coefficient (Wildman–Crippen LogP) is 0.573. The van der Waals surface area contributed by atoms with Gasteiger partial charge in [-0.1, -0.05) is 13.3 Å². The van der Waals surface area contributed by atoms with Gasteiger partial charge in [0.2, 0.25) is 5.91 Å². The molecule has 1 amide bonds. The van der Waals surface area contributed by atoms with Crippen molar-refractivity contribution in [3.63, 3.8) is 0 Å². The lowest BCUT2D eigenvalue weighted by molar-refractivity contribution is -0.135. The molecule has 1 aliphatic carbocycles. The van der Waals surface area contributed by atoms with Gasteiger partial charge in [-0.2, -0.15) is 0 Å². The van der Waals surface area contributed by atoms with Crippen LogP contribution in [0.1, 0.15) is 32.6 Å². The Balaban J connectivity index is 1.73. The van der Waals surface area contributed by atoms with Crippen LogP contribution in [0.2, 0.25) is 0 Å². The number of carbonyl (C=O) groups excluding carboxylic acids is 1. The second-order valence-electron chi connectivity index (χ2n) is 5.60. The summed E-state index contributed by atoms with van der Waals surface area (Å²) >= 11 is 0. The Hall–Kier alpha value is -0.610. The minimum absolute atomic E-state index is 0.196. The van der Waals surface area contributed by atoms with Gasteiger partial charge < -0.3 is 16.0 Å². The number of amides is 1. The van der Waals surface area contributed by atoms with Gasteiger partial charge in [-0.15, -0.1) is 0 Å². The Bertz CT molecular complexity index is 270. The standard InChI is InChI=1S/C13H25N3O/c1-2-16-7-4-11(9-16)8-15-12(17)13(10-14)5-3-6-13/h11H,2-10,14H2,1H3,(H,15,17). The quantitative estimate of drug-likeness (QED) is 0.737. The average molecular weight is 239 g/mol. The fraction of sp³-hybridized carbons (Fsp3) is 0.923. The molecular formula is C13H25N3O. The molecular weight excluding hydrogens is 214 g/mol. The second kappa shape index (κ2) is 5.36. The number of nitrogens with two attached hydrogens (primary N) is 1. The van der Waals surface area contributed by atoms with E-state index in [1.165, 1.54) is 13.0 Å². The summed E-state index contributed by atoms with van der Waals surface area (Å²) in [5.74, 6) is 0.829. The van der Waals surface area contributed by atoms with E-state index in [-0.39, 0.29) is 11.3 Å². The summed E-state index contributed by atoms with van der Waals surface area (Å²) in [6.45, 7) is 6.96. The number of nitrogens with zero attached hydrogens (tertiary/aromatic N) is 1. The van der Waals surface area contributed by atoms with E-state index in [1.807, 2.05) is 0 Å². The molecule has 1 unspecified atom stereocenters. The minimum atomic E-state index is -0.219. The van der Waals surface area contributed by atoms with Crippen LogP contribution in [0.5, 0.6) is 0 Å². The van der Waals surface area contributed by atoms with Crippen LogP contribution in [-0.2, 0) is 4.79 Å². The summed E-state index contributed by atoms with van der Waals surface area (Å²) in [5, 5.41) is 3.12. The van der Waals surface area contributed by atoms with Crippen LogP contribution < -0.4 is 11.1 Å². The zero-order valence-electron chi connectivity index (χ0n) is 10.9. The number of rotatable bonds is 5. The van der Waals surface area contributed by atoms with E-state index in [2.05, 4.69) is 17.1 Å². The van der Waals surface area contributed by atoms with E-state index in [9.17, 15) is 4.79 Å². The highest BCUT2D eigenvalue weighted by Gasteiger charge is 2.42. The normalized spacial score (nSPS) is 27.8. The monoisotopic (exact) mass is 239 g/mol. The third kappa shape index (κ3) is 2.63. The molecule has 0 aromatic carbocycles. The molecule has 0 aromatic rings. The van der Waals surface area contributed by atoms with E-state index >= 15 is 0 Å². The Morgan fingerprint density at radius 1 is 1.53 bits per heavy atom. The van der Waals surface area contributed by atoms with Gasteiger partial charge in [-0.25, -0.2) is 0 Å². The van der Waals surface area contributed by atoms with E-state index in [1.54, 1.807) is 0 Å². The molecule has 1 atom stereocenters. The van der Waals surface area contributed by atoms with Crippen LogP contribution in [0.15, 0.2) is 0 Å². The van der Waals surface area contributed by atoms with Gasteiger partial charge in [0.25, 0.3) is 0 Å². The van der Waals surface area contributed by atoms with E-state index in [0.29, 0.717) is 12.5 Å². The van der Waals surface area contributed by atoms with Crippen molar-refractivity contribution in [2.75, 3.05) is 32.7 Å². The first-order valence-corrected chi connectivity index (χ1v) is 6.91. The number of likely N-dealkylation sites (tertiary alicyclic amines) is 1. The van der Waals surface area contributed by atoms with Crippen molar-refractivity contribution in [2.45, 2.75) is 32.6 Å². The van der Waals surface area contributed by atoms with Gasteiger partial charge in [0, 0.05) is 19.6 Å². The molecule has 98 valence electrons. The van der Waals surface area contributed by atoms with Crippen LogP contribution in [0, 0.1) is 11.3 Å². The van der Waals surface area contributed by atoms with Crippen molar-refractivity contribution in [1.29, 1.82) is 0 Å². The Morgan fingerprint density at radius 3 is 2.76 bits per heavy atom. The van der Waals surface area contributed by atoms with Gasteiger partial charge >= 0.3 is 0 Å². The molecule has 17 heavy (non-hydrogen) atoms. The van der Waals surface area contributed by atoms with Crippen LogP contribution in [0.3, 0.4) is 0 Å². The highest BCUT2D eigenvalue weighted by molar-refractivity contribution is 5.83. The predicted molar refractivity (Wildman–Crippen MR) is 68.6 cm³/mol. The smallest absolute Gasteiger partial charge is 0.227 e. The Labute approximate surface area is 104 Å². The lowest BCUT2D eigenvalue weighted by Gasteiger charge is -2.39. The first kappa shape index (κ1) is 12.8. The maximum absolute atomic E-state index is 12.1. The maximum atomic E-state index is 12.1. The molecule has 2 rings (SSSR count). The second-order valence-corrected chi connectivity index (χ2v) is 5.60. The van der Waals surface area contributed by atoms with Crippen molar-refractivity contribution < 1.29 is 4.79 Å². The van der Waals surface area contributed by atoms with Gasteiger partial charge in [0.1, 0.15) is 0 Å². The van der Waals surface area contributed by atoms with Gasteiger partial charge in [-0.05, 0) is 38.3 Å². The maximum Gasteiger partial charge on any atom is 0.227 e. The first-order chi connectivity index (χ1) is 8.20. The third-order valence-corrected chi connectivity index (χ3v) is 4.55. The summed E-state index contributed by atoms with van der Waals surface area (Å²) < 4.78 is 0. The zero-order chi connectivity index (χ0) is 12.3. The van der Waals surface area contributed by atoms with Crippen molar-refractivity contribution in [1.82, 2.24) is 10.2 Å². The fourth-order valence-corrected chi connectivity index (χ4v) is 2.92. The Kier molecular flexibility index (Phi) is 4.05. The molecule has 1 saturated heterocycles. The molecule has 0 aromatic heterocycles. The lowest BCUT2D eigenvalue weighted by Crippen LogP contribution is -2.51. The summed E-state index contributed by atoms with van der Waals surface area (Å²) in [6, 6.07) is 0. The zero-order valence-corrected chi connectivity index (χ0v) is 10.9. The van der Waals surface area contributed by atoms with E-state index < -0.39 is 0 Å². The van der Waals surface area contributed by atoms with Crippen LogP contribution >= 0.6 is 0 Å². The topological polar surface area (TPSA) is 58.4 Å². The van der Waals surface area contributed by atoms with E-state index in [4.69, 9.17) is 5.73 Å². The van der Waals surface area contributed by atoms with Crippen molar-refractivity contribution >= 4 is 5.91 Å². The SMILES string of the molecule is CCN1CCC(CNC(=O)C2(CN)CCC2)C1. The molecule has 4 nitrogen and oxygen atoms in total. The van der Waals surface area contributed by atoms with Gasteiger partial charge in [0.15, 0.2) is 0 Å². The molecule has 3 N–H and O–H groups in total. The first-order valence-electron chi connectivity index (χ1n) is 6.91. The highest BCUT2D eigenvalue weighted by Crippen LogP contribution is 2.40. The van der Waals surface area contributed by atoms with Crippen LogP contribution in [0.25, 0.3) is 0 Å². The molecule has 2 aliphatic rings. The summed E-state index contributed by atoms with van der Waals surface area (Å²) in [4.78, 5) is 14.5. The molecule has 1 aliphatic heterocycles. The van der Waals surface area contributed by atoms with Crippen molar-refractivity contribution in [3.05, 3.63) is 0 Å². The summed E-state index contributed by atoms with van der Waals surface area (Å²) in [6.07, 6.45) is 4.31. The van der Waals surface area contributed by atoms with Crippen LogP contribution in [-0.4, -0.2) is 43.5 Å². The third-order valence-electron chi connectivity index (χ3n) is 4.55. The molecule has 1 heterocycles. The van der Waals surface area contributed by atoms with Crippen molar-refractivity contribution in [2.24, 2.45) is 17.1 Å². The number of carbonyl (C=O) groups is 1. The molecule has 0 radical (unpaired) electrons. The highest BCUT2D eigenvalue weighted by atomic mass is 16.2. The lowest BCUT2D eigenvalue weighted by atomic mass is 9.68. The number of hydrogen-bond acceptors (Lipinski definition) is 3. The molecule has 1 saturated carbocycles. The van der Waals surface area contributed by atoms with E-state index in [0.717, 1.165) is 38.9 Å². The van der Waals surface area contributed by atoms with Crippen LogP contribution in [0.4, 0.5) is 0 Å². The summed E-state index contributed by atoms with van der Waals surface area (Å²) in [5.41, 5.74) is 5.51. The molecule has 0 spiro atoms. The number of nitrogens with one attached hydrogen (secondary N) is 1. The molecule has 0 bridgehead atoms. The van der Waals surface area contributed by atoms with Gasteiger partial charge in [0.05, 0.1) is 5.41 Å². The Morgan fingerprint density at radius 2 is 2.29 bits per heavy atom. The fourth-order valence-electron chi connectivity index (χ4n) is 2.92. The summed E-state index contributed by atoms with van der Waals surface area (Å²) in [7, 11) is 0.